The van der Waals surface area contributed by atoms with Gasteiger partial charge in [0, 0.05) is 18.7 Å². The highest BCUT2D eigenvalue weighted by Crippen LogP contribution is 2.27. The van der Waals surface area contributed by atoms with E-state index in [-0.39, 0.29) is 18.2 Å². The zero-order chi connectivity index (χ0) is 12.6. The number of aryl methyl sites for hydroxylation is 2. The van der Waals surface area contributed by atoms with Crippen LogP contribution in [0.2, 0.25) is 0 Å². The molecule has 4 heteroatoms. The van der Waals surface area contributed by atoms with Gasteiger partial charge in [0.15, 0.2) is 0 Å². The van der Waals surface area contributed by atoms with E-state index in [1.807, 2.05) is 32.0 Å². The summed E-state index contributed by atoms with van der Waals surface area (Å²) in [7, 11) is 0. The lowest BCUT2D eigenvalue weighted by atomic mass is 10.1. The van der Waals surface area contributed by atoms with Crippen LogP contribution < -0.4 is 4.90 Å². The zero-order valence-corrected chi connectivity index (χ0v) is 10.6. The third-order valence-corrected chi connectivity index (χ3v) is 3.56. The molecule has 1 aromatic rings. The number of hydrogen-bond acceptors (Lipinski definition) is 2. The summed E-state index contributed by atoms with van der Waals surface area (Å²) >= 11 is 5.44. The van der Waals surface area contributed by atoms with Gasteiger partial charge in [-0.25, -0.2) is 0 Å². The molecule has 1 aliphatic heterocycles. The van der Waals surface area contributed by atoms with Crippen molar-refractivity contribution in [3.63, 3.8) is 0 Å². The van der Waals surface area contributed by atoms with Gasteiger partial charge in [-0.15, -0.1) is 0 Å². The Kier molecular flexibility index (Phi) is 3.20. The predicted octanol–water partition coefficient (Wildman–Crippen LogP) is 2.42. The van der Waals surface area contributed by atoms with Crippen molar-refractivity contribution in [1.82, 2.24) is 0 Å². The number of anilines is 1. The minimum Gasteiger partial charge on any atom is -0.312 e. The molecule has 0 N–H and O–H groups in total. The van der Waals surface area contributed by atoms with Gasteiger partial charge in [0.05, 0.1) is 5.92 Å². The molecule has 1 atom stereocenters. The predicted molar refractivity (Wildman–Crippen MR) is 67.2 cm³/mol. The summed E-state index contributed by atoms with van der Waals surface area (Å²) < 4.78 is 0. The van der Waals surface area contributed by atoms with Crippen LogP contribution in [0.4, 0.5) is 5.69 Å². The van der Waals surface area contributed by atoms with Crippen LogP contribution in [-0.4, -0.2) is 17.7 Å². The van der Waals surface area contributed by atoms with Gasteiger partial charge in [-0.2, -0.15) is 0 Å². The molecule has 0 saturated carbocycles. The van der Waals surface area contributed by atoms with Gasteiger partial charge in [0.1, 0.15) is 0 Å². The van der Waals surface area contributed by atoms with Crippen LogP contribution in [0.3, 0.4) is 0 Å². The van der Waals surface area contributed by atoms with Crippen molar-refractivity contribution >= 4 is 28.4 Å². The van der Waals surface area contributed by atoms with Crippen molar-refractivity contribution in [2.45, 2.75) is 20.3 Å². The van der Waals surface area contributed by atoms with E-state index >= 15 is 0 Å². The van der Waals surface area contributed by atoms with Gasteiger partial charge in [0.25, 0.3) is 0 Å². The molecule has 1 aromatic carbocycles. The van der Waals surface area contributed by atoms with Crippen LogP contribution in [-0.2, 0) is 9.59 Å². The van der Waals surface area contributed by atoms with Gasteiger partial charge >= 0.3 is 0 Å². The van der Waals surface area contributed by atoms with Crippen molar-refractivity contribution < 1.29 is 9.59 Å². The molecule has 1 fully saturated rings. The summed E-state index contributed by atoms with van der Waals surface area (Å²) in [6.45, 7) is 4.42. The average molecular weight is 252 g/mol. The summed E-state index contributed by atoms with van der Waals surface area (Å²) in [5, 5.41) is -0.426. The number of halogens is 1. The van der Waals surface area contributed by atoms with Crippen LogP contribution in [0.1, 0.15) is 17.5 Å². The van der Waals surface area contributed by atoms with Crippen molar-refractivity contribution in [3.05, 3.63) is 29.3 Å². The molecular weight excluding hydrogens is 238 g/mol. The summed E-state index contributed by atoms with van der Waals surface area (Å²) in [4.78, 5) is 24.5. The third-order valence-electron chi connectivity index (χ3n) is 3.25. The maximum Gasteiger partial charge on any atom is 0.227 e. The fourth-order valence-electron chi connectivity index (χ4n) is 2.00. The summed E-state index contributed by atoms with van der Waals surface area (Å²) in [5.41, 5.74) is 3.17. The molecule has 90 valence electrons. The molecule has 2 rings (SSSR count). The lowest BCUT2D eigenvalue weighted by Crippen LogP contribution is -2.25. The van der Waals surface area contributed by atoms with Crippen molar-refractivity contribution in [2.75, 3.05) is 11.4 Å². The zero-order valence-electron chi connectivity index (χ0n) is 9.87. The first-order valence-corrected chi connectivity index (χ1v) is 5.94. The van der Waals surface area contributed by atoms with Crippen molar-refractivity contribution in [3.8, 4) is 0 Å². The standard InChI is InChI=1S/C13H14ClNO2/c1-8-3-4-11(5-9(8)2)15-7-10(13(14)17)6-12(15)16/h3-5,10H,6-7H2,1-2H3. The molecule has 3 nitrogen and oxygen atoms in total. The smallest absolute Gasteiger partial charge is 0.227 e. The average Bonchev–Trinajstić information content (AvgIpc) is 2.65. The van der Waals surface area contributed by atoms with Gasteiger partial charge < -0.3 is 4.90 Å². The molecule has 0 aromatic heterocycles. The Morgan fingerprint density at radius 1 is 1.35 bits per heavy atom. The Balaban J connectivity index is 2.26. The first kappa shape index (κ1) is 12.1. The quantitative estimate of drug-likeness (QED) is 0.757. The number of hydrogen-bond donors (Lipinski definition) is 0. The first-order valence-electron chi connectivity index (χ1n) is 5.56. The Labute approximate surface area is 105 Å². The van der Waals surface area contributed by atoms with Crippen LogP contribution in [0.15, 0.2) is 18.2 Å². The van der Waals surface area contributed by atoms with Gasteiger partial charge in [-0.05, 0) is 48.7 Å². The molecular formula is C13H14ClNO2. The summed E-state index contributed by atoms with van der Waals surface area (Å²) in [6.07, 6.45) is 0.218. The lowest BCUT2D eigenvalue weighted by Gasteiger charge is -2.17. The van der Waals surface area contributed by atoms with Crippen LogP contribution in [0, 0.1) is 19.8 Å². The number of benzene rings is 1. The highest BCUT2D eigenvalue weighted by atomic mass is 35.5. The van der Waals surface area contributed by atoms with E-state index in [1.54, 1.807) is 4.90 Å². The van der Waals surface area contributed by atoms with Gasteiger partial charge in [0.2, 0.25) is 11.1 Å². The van der Waals surface area contributed by atoms with E-state index in [4.69, 9.17) is 11.6 Å². The largest absolute Gasteiger partial charge is 0.312 e. The number of carbonyl (C=O) groups excluding carboxylic acids is 2. The maximum absolute atomic E-state index is 11.8. The SMILES string of the molecule is Cc1ccc(N2CC(C(=O)Cl)CC2=O)cc1C. The van der Waals surface area contributed by atoms with Crippen molar-refractivity contribution in [2.24, 2.45) is 5.92 Å². The normalized spacial score (nSPS) is 19.8. The van der Waals surface area contributed by atoms with E-state index < -0.39 is 5.24 Å². The van der Waals surface area contributed by atoms with E-state index in [1.165, 1.54) is 5.56 Å². The number of amides is 1. The Morgan fingerprint density at radius 3 is 2.59 bits per heavy atom. The van der Waals surface area contributed by atoms with Crippen LogP contribution >= 0.6 is 11.6 Å². The minimum absolute atomic E-state index is 0.0350. The molecule has 17 heavy (non-hydrogen) atoms. The van der Waals surface area contributed by atoms with E-state index in [9.17, 15) is 9.59 Å². The monoisotopic (exact) mass is 251 g/mol. The second-order valence-electron chi connectivity index (χ2n) is 4.48. The Hall–Kier alpha value is -1.35. The van der Waals surface area contributed by atoms with Crippen molar-refractivity contribution in [1.29, 1.82) is 0 Å². The van der Waals surface area contributed by atoms with E-state index in [2.05, 4.69) is 0 Å². The maximum atomic E-state index is 11.8. The highest BCUT2D eigenvalue weighted by molar-refractivity contribution is 6.64. The Morgan fingerprint density at radius 2 is 2.06 bits per heavy atom. The molecule has 0 bridgehead atoms. The topological polar surface area (TPSA) is 37.4 Å². The molecule has 1 saturated heterocycles. The molecule has 1 aliphatic rings. The molecule has 1 amide bonds. The number of nitrogens with zero attached hydrogens (tertiary/aromatic N) is 1. The number of carbonyl (C=O) groups is 2. The summed E-state index contributed by atoms with van der Waals surface area (Å²) in [5.74, 6) is -0.405. The fourth-order valence-corrected chi connectivity index (χ4v) is 2.15. The van der Waals surface area contributed by atoms with Crippen LogP contribution in [0.25, 0.3) is 0 Å². The van der Waals surface area contributed by atoms with E-state index in [0.29, 0.717) is 6.54 Å². The first-order chi connectivity index (χ1) is 7.99. The van der Waals surface area contributed by atoms with Gasteiger partial charge in [-0.1, -0.05) is 6.07 Å². The minimum atomic E-state index is -0.426. The summed E-state index contributed by atoms with van der Waals surface area (Å²) in [6, 6.07) is 5.85. The van der Waals surface area contributed by atoms with E-state index in [0.717, 1.165) is 11.3 Å². The van der Waals surface area contributed by atoms with Gasteiger partial charge in [-0.3, -0.25) is 9.59 Å². The molecule has 0 spiro atoms. The molecule has 1 unspecified atom stereocenters. The third kappa shape index (κ3) is 2.34. The molecule has 0 radical (unpaired) electrons. The van der Waals surface area contributed by atoms with Crippen LogP contribution in [0.5, 0.6) is 0 Å². The molecule has 1 heterocycles. The Bertz CT molecular complexity index is 484. The number of rotatable bonds is 2. The second-order valence-corrected chi connectivity index (χ2v) is 4.85. The second kappa shape index (κ2) is 4.49. The highest BCUT2D eigenvalue weighted by Gasteiger charge is 2.34. The fraction of sp³-hybridized carbons (Fsp3) is 0.385. The molecule has 0 aliphatic carbocycles. The lowest BCUT2D eigenvalue weighted by molar-refractivity contribution is -0.120.